The number of aryl methyl sites for hydroxylation is 1. The molecule has 0 saturated carbocycles. The molecule has 68 valence electrons. The van der Waals surface area contributed by atoms with Crippen LogP contribution < -0.4 is 5.73 Å². The number of rotatable bonds is 5. The van der Waals surface area contributed by atoms with Crippen LogP contribution in [-0.2, 0) is 17.7 Å². The average molecular weight is 186 g/mol. The molecule has 0 atom stereocenters. The molecule has 3 nitrogen and oxygen atoms in total. The molecule has 0 bridgehead atoms. The van der Waals surface area contributed by atoms with Crippen LogP contribution in [0, 0.1) is 0 Å². The highest BCUT2D eigenvalue weighted by Crippen LogP contribution is 2.10. The van der Waals surface area contributed by atoms with Crippen molar-refractivity contribution in [1.82, 2.24) is 4.98 Å². The van der Waals surface area contributed by atoms with Gasteiger partial charge in [0.25, 0.3) is 0 Å². The van der Waals surface area contributed by atoms with Crippen molar-refractivity contribution in [3.63, 3.8) is 0 Å². The highest BCUT2D eigenvalue weighted by atomic mass is 32.1. The predicted octanol–water partition coefficient (Wildman–Crippen LogP) is 1.18. The van der Waals surface area contributed by atoms with Crippen LogP contribution in [0.4, 0.5) is 0 Å². The second kappa shape index (κ2) is 5.24. The van der Waals surface area contributed by atoms with E-state index in [4.69, 9.17) is 10.5 Å². The van der Waals surface area contributed by atoms with Crippen LogP contribution >= 0.6 is 11.3 Å². The monoisotopic (exact) mass is 186 g/mol. The van der Waals surface area contributed by atoms with Crippen LogP contribution in [0.1, 0.15) is 17.1 Å². The van der Waals surface area contributed by atoms with Crippen LogP contribution in [-0.4, -0.2) is 18.7 Å². The predicted molar refractivity (Wildman–Crippen MR) is 50.2 cm³/mol. The molecule has 4 heteroatoms. The first kappa shape index (κ1) is 9.64. The summed E-state index contributed by atoms with van der Waals surface area (Å²) in [6.07, 6.45) is 2.03. The van der Waals surface area contributed by atoms with Gasteiger partial charge in [0, 0.05) is 32.1 Å². The van der Waals surface area contributed by atoms with E-state index in [-0.39, 0.29) is 0 Å². The number of hydrogen-bond acceptors (Lipinski definition) is 4. The molecule has 0 aliphatic heterocycles. The molecular weight excluding hydrogens is 172 g/mol. The van der Waals surface area contributed by atoms with Gasteiger partial charge in [0.05, 0.1) is 10.7 Å². The van der Waals surface area contributed by atoms with E-state index in [1.807, 2.05) is 5.38 Å². The van der Waals surface area contributed by atoms with E-state index < -0.39 is 0 Å². The Labute approximate surface area is 76.6 Å². The average Bonchev–Trinajstić information content (AvgIpc) is 2.53. The van der Waals surface area contributed by atoms with Gasteiger partial charge in [-0.25, -0.2) is 4.98 Å². The highest BCUT2D eigenvalue weighted by Gasteiger charge is 1.99. The number of nitrogens with two attached hydrogens (primary N) is 1. The molecule has 1 aromatic rings. The highest BCUT2D eigenvalue weighted by molar-refractivity contribution is 7.09. The molecule has 0 amide bonds. The van der Waals surface area contributed by atoms with Gasteiger partial charge in [0.15, 0.2) is 0 Å². The molecule has 1 rings (SSSR count). The van der Waals surface area contributed by atoms with Crippen molar-refractivity contribution in [3.8, 4) is 0 Å². The van der Waals surface area contributed by atoms with Crippen molar-refractivity contribution in [2.75, 3.05) is 13.7 Å². The van der Waals surface area contributed by atoms with Gasteiger partial charge in [0.2, 0.25) is 0 Å². The van der Waals surface area contributed by atoms with Crippen LogP contribution in [0.3, 0.4) is 0 Å². The van der Waals surface area contributed by atoms with Gasteiger partial charge in [0.1, 0.15) is 0 Å². The third-order valence-electron chi connectivity index (χ3n) is 1.55. The zero-order chi connectivity index (χ0) is 8.81. The fourth-order valence-electron chi connectivity index (χ4n) is 0.925. The van der Waals surface area contributed by atoms with E-state index in [2.05, 4.69) is 4.98 Å². The standard InChI is InChI=1S/C8H14N2OS/c1-11-4-2-3-8-10-7(5-9)6-12-8/h6H,2-5,9H2,1H3. The van der Waals surface area contributed by atoms with E-state index in [0.717, 1.165) is 30.2 Å². The van der Waals surface area contributed by atoms with Crippen LogP contribution in [0.15, 0.2) is 5.38 Å². The Morgan fingerprint density at radius 2 is 2.50 bits per heavy atom. The van der Waals surface area contributed by atoms with Crippen LogP contribution in [0.25, 0.3) is 0 Å². The van der Waals surface area contributed by atoms with Crippen LogP contribution in [0.2, 0.25) is 0 Å². The fourth-order valence-corrected chi connectivity index (χ4v) is 1.78. The molecule has 0 radical (unpaired) electrons. The van der Waals surface area contributed by atoms with Crippen molar-refractivity contribution in [1.29, 1.82) is 0 Å². The minimum absolute atomic E-state index is 0.542. The molecule has 12 heavy (non-hydrogen) atoms. The summed E-state index contributed by atoms with van der Waals surface area (Å²) in [5.74, 6) is 0. The Kier molecular flexibility index (Phi) is 4.21. The molecule has 0 fully saturated rings. The number of aromatic nitrogens is 1. The van der Waals surface area contributed by atoms with E-state index in [9.17, 15) is 0 Å². The normalized spacial score (nSPS) is 10.5. The van der Waals surface area contributed by atoms with Crippen molar-refractivity contribution in [3.05, 3.63) is 16.1 Å². The molecule has 2 N–H and O–H groups in total. The third kappa shape index (κ3) is 2.89. The summed E-state index contributed by atoms with van der Waals surface area (Å²) in [7, 11) is 1.72. The molecule has 1 heterocycles. The number of hydrogen-bond donors (Lipinski definition) is 1. The molecule has 0 aliphatic rings. The largest absolute Gasteiger partial charge is 0.385 e. The summed E-state index contributed by atoms with van der Waals surface area (Å²) in [6, 6.07) is 0. The molecule has 0 aromatic carbocycles. The minimum Gasteiger partial charge on any atom is -0.385 e. The molecule has 1 aromatic heterocycles. The lowest BCUT2D eigenvalue weighted by atomic mass is 10.3. The van der Waals surface area contributed by atoms with Crippen molar-refractivity contribution >= 4 is 11.3 Å². The summed E-state index contributed by atoms with van der Waals surface area (Å²) in [5, 5.41) is 3.18. The second-order valence-electron chi connectivity index (χ2n) is 2.53. The smallest absolute Gasteiger partial charge is 0.0929 e. The number of thiazole rings is 1. The first-order valence-electron chi connectivity index (χ1n) is 3.99. The third-order valence-corrected chi connectivity index (χ3v) is 2.50. The lowest BCUT2D eigenvalue weighted by Gasteiger charge is -1.94. The first-order valence-corrected chi connectivity index (χ1v) is 4.87. The summed E-state index contributed by atoms with van der Waals surface area (Å²) in [4.78, 5) is 4.34. The Hall–Kier alpha value is -0.450. The summed E-state index contributed by atoms with van der Waals surface area (Å²) in [5.41, 5.74) is 6.43. The summed E-state index contributed by atoms with van der Waals surface area (Å²) < 4.78 is 4.95. The summed E-state index contributed by atoms with van der Waals surface area (Å²) in [6.45, 7) is 1.35. The maximum absolute atomic E-state index is 5.44. The maximum Gasteiger partial charge on any atom is 0.0929 e. The van der Waals surface area contributed by atoms with Gasteiger partial charge in [-0.15, -0.1) is 11.3 Å². The fraction of sp³-hybridized carbons (Fsp3) is 0.625. The Balaban J connectivity index is 2.31. The number of ether oxygens (including phenoxy) is 1. The topological polar surface area (TPSA) is 48.1 Å². The molecule has 0 unspecified atom stereocenters. The lowest BCUT2D eigenvalue weighted by Crippen LogP contribution is -1.97. The van der Waals surface area contributed by atoms with Crippen molar-refractivity contribution in [2.45, 2.75) is 19.4 Å². The maximum atomic E-state index is 5.44. The van der Waals surface area contributed by atoms with E-state index in [1.54, 1.807) is 18.4 Å². The van der Waals surface area contributed by atoms with E-state index in [0.29, 0.717) is 6.54 Å². The zero-order valence-electron chi connectivity index (χ0n) is 7.25. The lowest BCUT2D eigenvalue weighted by molar-refractivity contribution is 0.195. The van der Waals surface area contributed by atoms with Gasteiger partial charge in [-0.2, -0.15) is 0 Å². The molecule has 0 aliphatic carbocycles. The van der Waals surface area contributed by atoms with Gasteiger partial charge in [-0.05, 0) is 6.42 Å². The Morgan fingerprint density at radius 1 is 1.67 bits per heavy atom. The van der Waals surface area contributed by atoms with Gasteiger partial charge in [-0.1, -0.05) is 0 Å². The zero-order valence-corrected chi connectivity index (χ0v) is 8.06. The molecule has 0 saturated heterocycles. The van der Waals surface area contributed by atoms with Crippen LogP contribution in [0.5, 0.6) is 0 Å². The van der Waals surface area contributed by atoms with E-state index in [1.165, 1.54) is 0 Å². The molecule has 0 spiro atoms. The quantitative estimate of drug-likeness (QED) is 0.702. The van der Waals surface area contributed by atoms with Gasteiger partial charge < -0.3 is 10.5 Å². The minimum atomic E-state index is 0.542. The number of methoxy groups -OCH3 is 1. The van der Waals surface area contributed by atoms with Crippen molar-refractivity contribution < 1.29 is 4.74 Å². The summed E-state index contributed by atoms with van der Waals surface area (Å²) >= 11 is 1.68. The molecular formula is C8H14N2OS. The first-order chi connectivity index (χ1) is 5.86. The van der Waals surface area contributed by atoms with Gasteiger partial charge >= 0.3 is 0 Å². The van der Waals surface area contributed by atoms with E-state index >= 15 is 0 Å². The van der Waals surface area contributed by atoms with Crippen molar-refractivity contribution in [2.24, 2.45) is 5.73 Å². The second-order valence-corrected chi connectivity index (χ2v) is 3.48. The Bertz CT molecular complexity index is 225. The van der Waals surface area contributed by atoms with Gasteiger partial charge in [-0.3, -0.25) is 0 Å². The SMILES string of the molecule is COCCCc1nc(CN)cs1. The number of nitrogens with zero attached hydrogens (tertiary/aromatic N) is 1. The Morgan fingerprint density at radius 3 is 3.08 bits per heavy atom.